The van der Waals surface area contributed by atoms with E-state index in [1.165, 1.54) is 30.3 Å². The molecule has 0 bridgehead atoms. The van der Waals surface area contributed by atoms with E-state index in [1.54, 1.807) is 12.1 Å². The highest BCUT2D eigenvalue weighted by atomic mass is 35.5. The van der Waals surface area contributed by atoms with Crippen molar-refractivity contribution in [3.63, 3.8) is 0 Å². The number of hydrogen-bond acceptors (Lipinski definition) is 3. The fraction of sp³-hybridized carbons (Fsp3) is 0.160. The Morgan fingerprint density at radius 3 is 2.11 bits per heavy atom. The molecule has 0 aromatic heterocycles. The van der Waals surface area contributed by atoms with Crippen molar-refractivity contribution in [3.8, 4) is 6.07 Å². The molecule has 0 heterocycles. The molecule has 0 aliphatic heterocycles. The van der Waals surface area contributed by atoms with Crippen molar-refractivity contribution >= 4 is 81.2 Å². The summed E-state index contributed by atoms with van der Waals surface area (Å²) in [7, 11) is 0. The first-order chi connectivity index (χ1) is 17.7. The van der Waals surface area contributed by atoms with Gasteiger partial charge in [0.15, 0.2) is 0 Å². The van der Waals surface area contributed by atoms with Crippen LogP contribution < -0.4 is 10.6 Å². The van der Waals surface area contributed by atoms with Crippen LogP contribution in [0.15, 0.2) is 54.6 Å². The Kier molecular flexibility index (Phi) is 7.81. The highest BCUT2D eigenvalue weighted by Crippen LogP contribution is 2.65. The summed E-state index contributed by atoms with van der Waals surface area (Å²) < 4.78 is 38.3. The molecule has 2 N–H and O–H groups in total. The molecule has 2 amide bonds. The highest BCUT2D eigenvalue weighted by Gasteiger charge is 2.67. The highest BCUT2D eigenvalue weighted by molar-refractivity contribution is 6.53. The molecule has 38 heavy (non-hydrogen) atoms. The van der Waals surface area contributed by atoms with Crippen molar-refractivity contribution in [1.29, 1.82) is 5.26 Å². The second kappa shape index (κ2) is 10.5. The van der Waals surface area contributed by atoms with E-state index in [1.807, 2.05) is 0 Å². The zero-order valence-corrected chi connectivity index (χ0v) is 22.4. The van der Waals surface area contributed by atoms with Crippen molar-refractivity contribution in [1.82, 2.24) is 0 Å². The SMILES string of the molecule is N#Cc1ccc(NC(=O)c2cc(NC(=O)[C@H]3[C@H](c4cc(Cl)cc(Cl)c4)C3(Cl)Cl)ccc2Cl)cc1C(F)(F)F. The lowest BCUT2D eigenvalue weighted by molar-refractivity contribution is -0.137. The van der Waals surface area contributed by atoms with Crippen LogP contribution >= 0.6 is 58.0 Å². The molecule has 4 rings (SSSR count). The standard InChI is InChI=1S/C25H13Cl5F3N3O2/c26-13-5-12(6-14(27)7-13)20-21(24(20,29)30)23(38)36-15-3-4-19(28)17(8-15)22(37)35-16-2-1-11(10-34)18(9-16)25(31,32)33/h1-9,20-21H,(H,35,37)(H,36,38)/t20-,21+/m0/s1. The molecule has 1 aliphatic carbocycles. The van der Waals surface area contributed by atoms with Crippen LogP contribution in [-0.2, 0) is 11.0 Å². The molecule has 0 unspecified atom stereocenters. The molecule has 3 aromatic carbocycles. The normalized spacial score (nSPS) is 17.9. The number of hydrogen-bond donors (Lipinski definition) is 2. The molecule has 0 radical (unpaired) electrons. The molecule has 1 saturated carbocycles. The Balaban J connectivity index is 1.53. The first-order valence-corrected chi connectivity index (χ1v) is 12.5. The molecule has 0 saturated heterocycles. The molecule has 1 aliphatic rings. The molecule has 1 fully saturated rings. The van der Waals surface area contributed by atoms with Crippen LogP contribution in [0.4, 0.5) is 24.5 Å². The summed E-state index contributed by atoms with van der Waals surface area (Å²) >= 11 is 31.0. The van der Waals surface area contributed by atoms with Gasteiger partial charge >= 0.3 is 6.18 Å². The molecular weight excluding hydrogens is 609 g/mol. The van der Waals surface area contributed by atoms with E-state index in [-0.39, 0.29) is 22.0 Å². The van der Waals surface area contributed by atoms with Gasteiger partial charge < -0.3 is 10.6 Å². The average molecular weight is 622 g/mol. The van der Waals surface area contributed by atoms with Gasteiger partial charge in [-0.2, -0.15) is 18.4 Å². The molecular formula is C25H13Cl5F3N3O2. The molecule has 0 spiro atoms. The summed E-state index contributed by atoms with van der Waals surface area (Å²) in [6.07, 6.45) is -4.80. The van der Waals surface area contributed by atoms with Crippen molar-refractivity contribution in [2.75, 3.05) is 10.6 Å². The molecule has 196 valence electrons. The maximum absolute atomic E-state index is 13.3. The lowest BCUT2D eigenvalue weighted by Gasteiger charge is -2.13. The summed E-state index contributed by atoms with van der Waals surface area (Å²) in [5.74, 6) is -2.86. The Morgan fingerprint density at radius 1 is 0.895 bits per heavy atom. The fourth-order valence-electron chi connectivity index (χ4n) is 3.97. The summed E-state index contributed by atoms with van der Waals surface area (Å²) in [5.41, 5.74) is -1.38. The van der Waals surface area contributed by atoms with E-state index in [4.69, 9.17) is 63.3 Å². The van der Waals surface area contributed by atoms with Gasteiger partial charge in [-0.1, -0.05) is 34.8 Å². The number of nitrogens with zero attached hydrogens (tertiary/aromatic N) is 1. The van der Waals surface area contributed by atoms with Gasteiger partial charge in [0.05, 0.1) is 33.7 Å². The van der Waals surface area contributed by atoms with E-state index in [0.717, 1.165) is 12.1 Å². The number of carbonyl (C=O) groups excluding carboxylic acids is 2. The minimum Gasteiger partial charge on any atom is -0.326 e. The molecule has 5 nitrogen and oxygen atoms in total. The van der Waals surface area contributed by atoms with Gasteiger partial charge in [0.2, 0.25) is 5.91 Å². The number of carbonyl (C=O) groups is 2. The molecule has 13 heteroatoms. The average Bonchev–Trinajstić information content (AvgIpc) is 3.41. The van der Waals surface area contributed by atoms with E-state index in [2.05, 4.69) is 10.6 Å². The number of rotatable bonds is 5. The number of nitriles is 1. The second-order valence-electron chi connectivity index (χ2n) is 8.34. The number of amides is 2. The largest absolute Gasteiger partial charge is 0.417 e. The van der Waals surface area contributed by atoms with Crippen molar-refractivity contribution in [2.24, 2.45) is 5.92 Å². The first kappa shape index (κ1) is 28.3. The van der Waals surface area contributed by atoms with Gasteiger partial charge in [-0.3, -0.25) is 9.59 Å². The Bertz CT molecular complexity index is 1480. The van der Waals surface area contributed by atoms with Gasteiger partial charge in [0.1, 0.15) is 4.33 Å². The lowest BCUT2D eigenvalue weighted by atomic mass is 10.1. The maximum atomic E-state index is 13.3. The van der Waals surface area contributed by atoms with Gasteiger partial charge in [-0.15, -0.1) is 23.2 Å². The topological polar surface area (TPSA) is 82.0 Å². The van der Waals surface area contributed by atoms with Gasteiger partial charge in [0, 0.05) is 27.3 Å². The van der Waals surface area contributed by atoms with E-state index in [9.17, 15) is 22.8 Å². The van der Waals surface area contributed by atoms with Crippen LogP contribution in [0.3, 0.4) is 0 Å². The second-order valence-corrected chi connectivity index (χ2v) is 11.1. The molecule has 3 aromatic rings. The third-order valence-corrected chi connectivity index (χ3v) is 7.47. The summed E-state index contributed by atoms with van der Waals surface area (Å²) in [5, 5.41) is 14.5. The minimum atomic E-state index is -4.80. The lowest BCUT2D eigenvalue weighted by Crippen LogP contribution is -2.18. The van der Waals surface area contributed by atoms with Crippen LogP contribution in [0.25, 0.3) is 0 Å². The zero-order valence-electron chi connectivity index (χ0n) is 18.6. The van der Waals surface area contributed by atoms with Gasteiger partial charge in [-0.25, -0.2) is 0 Å². The van der Waals surface area contributed by atoms with Gasteiger partial charge in [0.25, 0.3) is 5.91 Å². The monoisotopic (exact) mass is 619 g/mol. The fourth-order valence-corrected chi connectivity index (χ4v) is 5.55. The molecule has 2 atom stereocenters. The number of anilines is 2. The van der Waals surface area contributed by atoms with E-state index < -0.39 is 45.3 Å². The number of benzene rings is 3. The number of nitrogens with one attached hydrogen (secondary N) is 2. The maximum Gasteiger partial charge on any atom is 0.417 e. The minimum absolute atomic E-state index is 0.0212. The first-order valence-electron chi connectivity index (χ1n) is 10.6. The van der Waals surface area contributed by atoms with Crippen LogP contribution in [0, 0.1) is 17.2 Å². The summed E-state index contributed by atoms with van der Waals surface area (Å²) in [6, 6.07) is 12.9. The Hall–Kier alpha value is -2.67. The summed E-state index contributed by atoms with van der Waals surface area (Å²) in [6.45, 7) is 0. The Labute approximate surface area is 239 Å². The number of alkyl halides is 5. The van der Waals surface area contributed by atoms with E-state index in [0.29, 0.717) is 21.7 Å². The third kappa shape index (κ3) is 5.83. The zero-order chi connectivity index (χ0) is 28.0. The number of halogens is 8. The van der Waals surface area contributed by atoms with Crippen LogP contribution in [0.2, 0.25) is 15.1 Å². The summed E-state index contributed by atoms with van der Waals surface area (Å²) in [4.78, 5) is 25.8. The van der Waals surface area contributed by atoms with Crippen molar-refractivity contribution in [2.45, 2.75) is 16.4 Å². The van der Waals surface area contributed by atoms with Crippen LogP contribution in [0.5, 0.6) is 0 Å². The van der Waals surface area contributed by atoms with Crippen molar-refractivity contribution < 1.29 is 22.8 Å². The van der Waals surface area contributed by atoms with Gasteiger partial charge in [-0.05, 0) is 60.2 Å². The van der Waals surface area contributed by atoms with Crippen LogP contribution in [-0.4, -0.2) is 16.1 Å². The quantitative estimate of drug-likeness (QED) is 0.281. The van der Waals surface area contributed by atoms with E-state index >= 15 is 0 Å². The third-order valence-electron chi connectivity index (χ3n) is 5.76. The van der Waals surface area contributed by atoms with Crippen LogP contribution in [0.1, 0.15) is 33.0 Å². The predicted molar refractivity (Wildman–Crippen MR) is 141 cm³/mol. The smallest absolute Gasteiger partial charge is 0.326 e. The van der Waals surface area contributed by atoms with Crippen molar-refractivity contribution in [3.05, 3.63) is 91.9 Å². The predicted octanol–water partition coefficient (Wildman–Crippen LogP) is 8.32. The Morgan fingerprint density at radius 2 is 1.50 bits per heavy atom.